The van der Waals surface area contributed by atoms with E-state index >= 15 is 0 Å². The molecule has 1 fully saturated rings. The molecule has 1 aliphatic rings. The van der Waals surface area contributed by atoms with Gasteiger partial charge in [-0.1, -0.05) is 6.92 Å². The summed E-state index contributed by atoms with van der Waals surface area (Å²) in [7, 11) is 0. The summed E-state index contributed by atoms with van der Waals surface area (Å²) < 4.78 is 11.0. The van der Waals surface area contributed by atoms with E-state index in [1.54, 1.807) is 12.1 Å². The van der Waals surface area contributed by atoms with Crippen molar-refractivity contribution in [2.24, 2.45) is 5.92 Å². The molecule has 122 valence electrons. The van der Waals surface area contributed by atoms with Crippen molar-refractivity contribution in [2.45, 2.75) is 39.7 Å². The third-order valence-corrected chi connectivity index (χ3v) is 3.73. The second kappa shape index (κ2) is 8.18. The quantitative estimate of drug-likeness (QED) is 0.724. The molecule has 1 heterocycles. The first-order valence-electron chi connectivity index (χ1n) is 8.21. The Morgan fingerprint density at radius 2 is 1.77 bits per heavy atom. The van der Waals surface area contributed by atoms with Crippen molar-refractivity contribution in [2.75, 3.05) is 26.2 Å². The number of hydrogen-bond donors (Lipinski definition) is 0. The van der Waals surface area contributed by atoms with Crippen molar-refractivity contribution in [1.82, 2.24) is 4.90 Å². The number of hydrogen-bond acceptors (Lipinski definition) is 4. The molecule has 1 aliphatic heterocycles. The van der Waals surface area contributed by atoms with Gasteiger partial charge in [0.1, 0.15) is 5.75 Å². The van der Waals surface area contributed by atoms with Crippen molar-refractivity contribution in [3.63, 3.8) is 0 Å². The van der Waals surface area contributed by atoms with Gasteiger partial charge in [-0.05, 0) is 64.0 Å². The van der Waals surface area contributed by atoms with E-state index in [4.69, 9.17) is 9.47 Å². The molecule has 4 nitrogen and oxygen atoms in total. The fourth-order valence-electron chi connectivity index (χ4n) is 2.70. The Balaban J connectivity index is 1.76. The predicted octanol–water partition coefficient (Wildman–Crippen LogP) is 3.36. The Bertz CT molecular complexity index is 464. The first-order valence-corrected chi connectivity index (χ1v) is 8.21. The number of esters is 1. The molecule has 0 spiro atoms. The fourth-order valence-corrected chi connectivity index (χ4v) is 2.70. The summed E-state index contributed by atoms with van der Waals surface area (Å²) in [6, 6.07) is 7.13. The van der Waals surface area contributed by atoms with Gasteiger partial charge in [-0.3, -0.25) is 0 Å². The van der Waals surface area contributed by atoms with Gasteiger partial charge >= 0.3 is 5.97 Å². The lowest BCUT2D eigenvalue weighted by molar-refractivity contribution is 0.0427. The van der Waals surface area contributed by atoms with E-state index in [2.05, 4.69) is 11.8 Å². The maximum absolute atomic E-state index is 12.0. The van der Waals surface area contributed by atoms with Crippen LogP contribution in [-0.2, 0) is 4.74 Å². The largest absolute Gasteiger partial charge is 0.491 e. The zero-order chi connectivity index (χ0) is 15.9. The molecule has 1 aromatic carbocycles. The van der Waals surface area contributed by atoms with Crippen LogP contribution in [-0.4, -0.2) is 43.2 Å². The molecular weight excluding hydrogens is 278 g/mol. The highest BCUT2D eigenvalue weighted by Crippen LogP contribution is 2.15. The molecule has 0 aromatic heterocycles. The highest BCUT2D eigenvalue weighted by atomic mass is 16.5. The zero-order valence-corrected chi connectivity index (χ0v) is 13.9. The van der Waals surface area contributed by atoms with Crippen LogP contribution in [0.2, 0.25) is 0 Å². The minimum Gasteiger partial charge on any atom is -0.491 e. The molecule has 1 unspecified atom stereocenters. The Morgan fingerprint density at radius 1 is 1.14 bits per heavy atom. The normalized spacial score (nSPS) is 16.7. The van der Waals surface area contributed by atoms with E-state index in [1.165, 1.54) is 25.9 Å². The van der Waals surface area contributed by atoms with Crippen LogP contribution >= 0.6 is 0 Å². The van der Waals surface area contributed by atoms with Crippen LogP contribution in [0.5, 0.6) is 5.75 Å². The van der Waals surface area contributed by atoms with Crippen LogP contribution in [0.25, 0.3) is 0 Å². The van der Waals surface area contributed by atoms with E-state index in [1.807, 2.05) is 26.0 Å². The van der Waals surface area contributed by atoms with Crippen molar-refractivity contribution in [1.29, 1.82) is 0 Å². The lowest BCUT2D eigenvalue weighted by Gasteiger charge is -2.20. The summed E-state index contributed by atoms with van der Waals surface area (Å²) in [5, 5.41) is 0. The molecular formula is C18H27NO3. The maximum Gasteiger partial charge on any atom is 0.338 e. The number of rotatable bonds is 7. The number of benzene rings is 1. The molecule has 22 heavy (non-hydrogen) atoms. The first-order chi connectivity index (χ1) is 10.5. The summed E-state index contributed by atoms with van der Waals surface area (Å²) in [6.45, 7) is 9.91. The predicted molar refractivity (Wildman–Crippen MR) is 87.3 cm³/mol. The summed E-state index contributed by atoms with van der Waals surface area (Å²) in [4.78, 5) is 14.5. The molecule has 0 radical (unpaired) electrons. The number of carbonyl (C=O) groups excluding carboxylic acids is 1. The van der Waals surface area contributed by atoms with E-state index in [0.717, 1.165) is 12.3 Å². The van der Waals surface area contributed by atoms with Gasteiger partial charge < -0.3 is 14.4 Å². The second-order valence-electron chi connectivity index (χ2n) is 6.40. The van der Waals surface area contributed by atoms with Gasteiger partial charge in [0, 0.05) is 12.5 Å². The third-order valence-electron chi connectivity index (χ3n) is 3.73. The minimum absolute atomic E-state index is 0.129. The fraction of sp³-hybridized carbons (Fsp3) is 0.611. The summed E-state index contributed by atoms with van der Waals surface area (Å²) in [6.07, 6.45) is 2.71. The standard InChI is InChI=1S/C18H27NO3/c1-14(2)22-17-8-6-16(7-9-17)18(20)21-13-15(3)12-19-10-4-5-11-19/h6-9,14-15H,4-5,10-13H2,1-3H3. The van der Waals surface area contributed by atoms with Crippen LogP contribution in [0.3, 0.4) is 0 Å². The SMILES string of the molecule is CC(COC(=O)c1ccc(OC(C)C)cc1)CN1CCCC1. The number of likely N-dealkylation sites (tertiary alicyclic amines) is 1. The van der Waals surface area contributed by atoms with Gasteiger partial charge in [-0.2, -0.15) is 0 Å². The highest BCUT2D eigenvalue weighted by Gasteiger charge is 2.16. The molecule has 4 heteroatoms. The van der Waals surface area contributed by atoms with Gasteiger partial charge in [-0.15, -0.1) is 0 Å². The summed E-state index contributed by atoms with van der Waals surface area (Å²) in [5.41, 5.74) is 0.574. The minimum atomic E-state index is -0.260. The molecule has 1 saturated heterocycles. The van der Waals surface area contributed by atoms with Crippen molar-refractivity contribution < 1.29 is 14.3 Å². The van der Waals surface area contributed by atoms with Gasteiger partial charge in [0.05, 0.1) is 18.3 Å². The van der Waals surface area contributed by atoms with Crippen LogP contribution < -0.4 is 4.74 Å². The Kier molecular flexibility index (Phi) is 6.25. The summed E-state index contributed by atoms with van der Waals surface area (Å²) in [5.74, 6) is 0.879. The molecule has 0 aliphatic carbocycles. The van der Waals surface area contributed by atoms with Crippen LogP contribution in [0.1, 0.15) is 44.0 Å². The molecule has 1 aromatic rings. The smallest absolute Gasteiger partial charge is 0.338 e. The van der Waals surface area contributed by atoms with E-state index in [9.17, 15) is 4.79 Å². The van der Waals surface area contributed by atoms with E-state index in [0.29, 0.717) is 18.1 Å². The number of carbonyl (C=O) groups is 1. The molecule has 0 bridgehead atoms. The lowest BCUT2D eigenvalue weighted by atomic mass is 10.2. The van der Waals surface area contributed by atoms with Crippen LogP contribution in [0, 0.1) is 5.92 Å². The van der Waals surface area contributed by atoms with Gasteiger partial charge in [0.25, 0.3) is 0 Å². The average Bonchev–Trinajstić information content (AvgIpc) is 2.98. The third kappa shape index (κ3) is 5.34. The lowest BCUT2D eigenvalue weighted by Crippen LogP contribution is -2.28. The van der Waals surface area contributed by atoms with Gasteiger partial charge in [0.2, 0.25) is 0 Å². The maximum atomic E-state index is 12.0. The molecule has 1 atom stereocenters. The topological polar surface area (TPSA) is 38.8 Å². The van der Waals surface area contributed by atoms with Crippen molar-refractivity contribution >= 4 is 5.97 Å². The Hall–Kier alpha value is -1.55. The molecule has 0 amide bonds. The summed E-state index contributed by atoms with van der Waals surface area (Å²) >= 11 is 0. The molecule has 0 saturated carbocycles. The molecule has 0 N–H and O–H groups in total. The van der Waals surface area contributed by atoms with Gasteiger partial charge in [0.15, 0.2) is 0 Å². The van der Waals surface area contributed by atoms with Crippen molar-refractivity contribution in [3.8, 4) is 5.75 Å². The molecule has 2 rings (SSSR count). The van der Waals surface area contributed by atoms with E-state index in [-0.39, 0.29) is 12.1 Å². The first kappa shape index (κ1) is 16.8. The second-order valence-corrected chi connectivity index (χ2v) is 6.40. The Morgan fingerprint density at radius 3 is 2.36 bits per heavy atom. The van der Waals surface area contributed by atoms with Gasteiger partial charge in [-0.25, -0.2) is 4.79 Å². The van der Waals surface area contributed by atoms with Crippen LogP contribution in [0.15, 0.2) is 24.3 Å². The number of ether oxygens (including phenoxy) is 2. The monoisotopic (exact) mass is 305 g/mol. The van der Waals surface area contributed by atoms with Crippen LogP contribution in [0.4, 0.5) is 0 Å². The Labute approximate surface area is 133 Å². The van der Waals surface area contributed by atoms with Crippen molar-refractivity contribution in [3.05, 3.63) is 29.8 Å². The zero-order valence-electron chi connectivity index (χ0n) is 13.9. The number of nitrogens with zero attached hydrogens (tertiary/aromatic N) is 1. The van der Waals surface area contributed by atoms with E-state index < -0.39 is 0 Å². The highest BCUT2D eigenvalue weighted by molar-refractivity contribution is 5.89. The average molecular weight is 305 g/mol.